The second-order valence-corrected chi connectivity index (χ2v) is 5.84. The minimum atomic E-state index is 0.0299. The van der Waals surface area contributed by atoms with E-state index in [1.54, 1.807) is 0 Å². The molecule has 0 aromatic carbocycles. The van der Waals surface area contributed by atoms with Gasteiger partial charge >= 0.3 is 96.4 Å². The van der Waals surface area contributed by atoms with Gasteiger partial charge in [-0.1, -0.05) is 0 Å². The maximum absolute atomic E-state index is 5.48. The van der Waals surface area contributed by atoms with Gasteiger partial charge in [-0.3, -0.25) is 0 Å². The van der Waals surface area contributed by atoms with E-state index >= 15 is 0 Å². The zero-order valence-electron chi connectivity index (χ0n) is 8.85. The Morgan fingerprint density at radius 2 is 1.13 bits per heavy atom. The van der Waals surface area contributed by atoms with E-state index in [-0.39, 0.29) is 12.6 Å². The molecule has 4 nitrogen and oxygen atoms in total. The third-order valence-corrected chi connectivity index (χ3v) is 4.43. The van der Waals surface area contributed by atoms with Crippen molar-refractivity contribution in [2.24, 2.45) is 0 Å². The standard InChI is InChI=1S/C10H18O4Se/c1-3-11-9(12-4-1)7-15-8-10-13-5-2-6-14-10/h9-10H,1-8H2. The molecular weight excluding hydrogens is 263 g/mol. The van der Waals surface area contributed by atoms with Crippen LogP contribution >= 0.6 is 0 Å². The first-order chi connectivity index (χ1) is 7.45. The van der Waals surface area contributed by atoms with Crippen LogP contribution in [0.4, 0.5) is 0 Å². The van der Waals surface area contributed by atoms with E-state index in [2.05, 4.69) is 0 Å². The summed E-state index contributed by atoms with van der Waals surface area (Å²) >= 11 is 0.490. The summed E-state index contributed by atoms with van der Waals surface area (Å²) in [6.07, 6.45) is 2.11. The van der Waals surface area contributed by atoms with Crippen molar-refractivity contribution >= 4 is 15.0 Å². The number of ether oxygens (including phenoxy) is 4. The van der Waals surface area contributed by atoms with Gasteiger partial charge in [0.2, 0.25) is 0 Å². The summed E-state index contributed by atoms with van der Waals surface area (Å²) in [6.45, 7) is 3.38. The summed E-state index contributed by atoms with van der Waals surface area (Å²) in [6, 6.07) is 0. The molecule has 2 rings (SSSR count). The second kappa shape index (κ2) is 6.84. The Kier molecular flexibility index (Phi) is 5.39. The van der Waals surface area contributed by atoms with Crippen LogP contribution in [0.1, 0.15) is 12.8 Å². The van der Waals surface area contributed by atoms with Crippen molar-refractivity contribution in [1.82, 2.24) is 0 Å². The van der Waals surface area contributed by atoms with Crippen LogP contribution in [0, 0.1) is 0 Å². The molecule has 0 aromatic rings. The third-order valence-electron chi connectivity index (χ3n) is 2.30. The van der Waals surface area contributed by atoms with Crippen molar-refractivity contribution < 1.29 is 18.9 Å². The fourth-order valence-corrected chi connectivity index (χ4v) is 3.43. The van der Waals surface area contributed by atoms with Crippen molar-refractivity contribution in [1.29, 1.82) is 0 Å². The molecule has 2 saturated heterocycles. The summed E-state index contributed by atoms with van der Waals surface area (Å²) < 4.78 is 21.9. The fraction of sp³-hybridized carbons (Fsp3) is 1.00. The van der Waals surface area contributed by atoms with E-state index < -0.39 is 0 Å². The average Bonchev–Trinajstić information content (AvgIpc) is 2.32. The van der Waals surface area contributed by atoms with Gasteiger partial charge in [-0.15, -0.1) is 0 Å². The van der Waals surface area contributed by atoms with Crippen molar-refractivity contribution in [2.45, 2.75) is 36.1 Å². The number of hydrogen-bond acceptors (Lipinski definition) is 4. The first kappa shape index (κ1) is 11.8. The molecule has 0 amide bonds. The van der Waals surface area contributed by atoms with Gasteiger partial charge < -0.3 is 0 Å². The van der Waals surface area contributed by atoms with Gasteiger partial charge in [-0.05, 0) is 0 Å². The number of rotatable bonds is 4. The van der Waals surface area contributed by atoms with Crippen LogP contribution in [0.2, 0.25) is 10.6 Å². The van der Waals surface area contributed by atoms with E-state index in [9.17, 15) is 0 Å². The zero-order chi connectivity index (χ0) is 10.3. The molecule has 5 heteroatoms. The van der Waals surface area contributed by atoms with Crippen molar-refractivity contribution in [3.8, 4) is 0 Å². The number of hydrogen-bond donors (Lipinski definition) is 0. The molecule has 0 unspecified atom stereocenters. The second-order valence-electron chi connectivity index (χ2n) is 3.59. The van der Waals surface area contributed by atoms with E-state index in [1.807, 2.05) is 0 Å². The molecule has 0 N–H and O–H groups in total. The van der Waals surface area contributed by atoms with Gasteiger partial charge in [0.05, 0.1) is 0 Å². The molecule has 0 radical (unpaired) electrons. The molecule has 2 fully saturated rings. The monoisotopic (exact) mass is 282 g/mol. The van der Waals surface area contributed by atoms with Gasteiger partial charge in [-0.2, -0.15) is 0 Å². The van der Waals surface area contributed by atoms with Crippen LogP contribution < -0.4 is 0 Å². The minimum absolute atomic E-state index is 0.0299. The molecular formula is C10H18O4Se. The van der Waals surface area contributed by atoms with Crippen molar-refractivity contribution in [2.75, 3.05) is 26.4 Å². The van der Waals surface area contributed by atoms with Gasteiger partial charge in [-0.25, -0.2) is 0 Å². The Hall–Kier alpha value is 0.359. The molecule has 0 bridgehead atoms. The quantitative estimate of drug-likeness (QED) is 0.722. The predicted molar refractivity (Wildman–Crippen MR) is 56.0 cm³/mol. The van der Waals surface area contributed by atoms with E-state index in [1.165, 1.54) is 0 Å². The Bertz CT molecular complexity index is 149. The molecule has 0 aromatic heterocycles. The van der Waals surface area contributed by atoms with Gasteiger partial charge in [0.25, 0.3) is 0 Å². The third kappa shape index (κ3) is 4.39. The van der Waals surface area contributed by atoms with Crippen LogP contribution in [0.25, 0.3) is 0 Å². The average molecular weight is 281 g/mol. The molecule has 2 aliphatic heterocycles. The molecule has 88 valence electrons. The summed E-state index contributed by atoms with van der Waals surface area (Å²) in [7, 11) is 0. The van der Waals surface area contributed by atoms with Crippen LogP contribution in [-0.2, 0) is 18.9 Å². The Morgan fingerprint density at radius 3 is 1.53 bits per heavy atom. The molecule has 2 aliphatic rings. The summed E-state index contributed by atoms with van der Waals surface area (Å²) in [5.74, 6) is 0. The molecule has 0 spiro atoms. The van der Waals surface area contributed by atoms with Crippen LogP contribution in [0.15, 0.2) is 0 Å². The predicted octanol–water partition coefficient (Wildman–Crippen LogP) is 1.05. The molecule has 0 saturated carbocycles. The fourth-order valence-electron chi connectivity index (χ4n) is 1.53. The SMILES string of the molecule is C1COC(C[Se]CC2OCCCO2)OC1. The first-order valence-corrected chi connectivity index (χ1v) is 7.91. The molecule has 0 aliphatic carbocycles. The van der Waals surface area contributed by atoms with Gasteiger partial charge in [0.15, 0.2) is 0 Å². The maximum atomic E-state index is 5.48. The first-order valence-electron chi connectivity index (χ1n) is 5.49. The molecule has 0 atom stereocenters. The van der Waals surface area contributed by atoms with Gasteiger partial charge in [0.1, 0.15) is 0 Å². The van der Waals surface area contributed by atoms with E-state index in [0.29, 0.717) is 15.0 Å². The Labute approximate surface area is 96.7 Å². The van der Waals surface area contributed by atoms with Crippen molar-refractivity contribution in [3.63, 3.8) is 0 Å². The topological polar surface area (TPSA) is 36.9 Å². The van der Waals surface area contributed by atoms with E-state index in [0.717, 1.165) is 49.9 Å². The van der Waals surface area contributed by atoms with Gasteiger partial charge in [0, 0.05) is 0 Å². The summed E-state index contributed by atoms with van der Waals surface area (Å²) in [5.41, 5.74) is 0. The van der Waals surface area contributed by atoms with Crippen LogP contribution in [-0.4, -0.2) is 54.0 Å². The van der Waals surface area contributed by atoms with Crippen LogP contribution in [0.5, 0.6) is 0 Å². The summed E-state index contributed by atoms with van der Waals surface area (Å²) in [4.78, 5) is 0. The molecule has 15 heavy (non-hydrogen) atoms. The zero-order valence-corrected chi connectivity index (χ0v) is 10.6. The molecule has 2 heterocycles. The Balaban J connectivity index is 1.53. The normalized spacial score (nSPS) is 25.6. The van der Waals surface area contributed by atoms with Crippen molar-refractivity contribution in [3.05, 3.63) is 0 Å². The van der Waals surface area contributed by atoms with E-state index in [4.69, 9.17) is 18.9 Å². The van der Waals surface area contributed by atoms with Crippen LogP contribution in [0.3, 0.4) is 0 Å². The Morgan fingerprint density at radius 1 is 0.733 bits per heavy atom. The summed E-state index contributed by atoms with van der Waals surface area (Å²) in [5, 5.41) is 2.02.